The fourth-order valence-electron chi connectivity index (χ4n) is 2.06. The van der Waals surface area contributed by atoms with Gasteiger partial charge in [-0.1, -0.05) is 0 Å². The fraction of sp³-hybridized carbons (Fsp3) is 0.846. The minimum atomic E-state index is -0.561. The molecule has 1 aliphatic rings. The van der Waals surface area contributed by atoms with Crippen molar-refractivity contribution in [2.24, 2.45) is 11.7 Å². The Kier molecular flexibility index (Phi) is 5.17. The van der Waals surface area contributed by atoms with Gasteiger partial charge in [0.1, 0.15) is 5.60 Å². The predicted octanol–water partition coefficient (Wildman–Crippen LogP) is 1.13. The van der Waals surface area contributed by atoms with E-state index < -0.39 is 11.7 Å². The average molecular weight is 272 g/mol. The van der Waals surface area contributed by atoms with E-state index in [1.807, 2.05) is 0 Å². The van der Waals surface area contributed by atoms with Gasteiger partial charge in [0, 0.05) is 19.1 Å². The second kappa shape index (κ2) is 6.23. The molecule has 2 N–H and O–H groups in total. The number of methoxy groups -OCH3 is 1. The van der Waals surface area contributed by atoms with Crippen molar-refractivity contribution >= 4 is 12.1 Å². The summed E-state index contributed by atoms with van der Waals surface area (Å²) in [4.78, 5) is 25.2. The third kappa shape index (κ3) is 5.06. The zero-order valence-electron chi connectivity index (χ0n) is 12.1. The highest BCUT2D eigenvalue weighted by atomic mass is 16.6. The number of carbonyl (C=O) groups is 2. The zero-order chi connectivity index (χ0) is 14.6. The molecule has 6 nitrogen and oxygen atoms in total. The molecule has 2 atom stereocenters. The molecular weight excluding hydrogens is 248 g/mol. The summed E-state index contributed by atoms with van der Waals surface area (Å²) in [6.45, 7) is 6.12. The maximum Gasteiger partial charge on any atom is 0.410 e. The summed E-state index contributed by atoms with van der Waals surface area (Å²) in [6.07, 6.45) is 0.894. The minimum absolute atomic E-state index is 0.137. The van der Waals surface area contributed by atoms with Crippen LogP contribution >= 0.6 is 0 Å². The van der Waals surface area contributed by atoms with Gasteiger partial charge in [0.25, 0.3) is 0 Å². The van der Waals surface area contributed by atoms with Crippen LogP contribution in [0.2, 0.25) is 0 Å². The number of ether oxygens (including phenoxy) is 2. The third-order valence-corrected chi connectivity index (χ3v) is 2.97. The van der Waals surface area contributed by atoms with Gasteiger partial charge >= 0.3 is 12.1 Å². The van der Waals surface area contributed by atoms with Gasteiger partial charge in [0.15, 0.2) is 0 Å². The van der Waals surface area contributed by atoms with Gasteiger partial charge in [-0.2, -0.15) is 0 Å². The average Bonchev–Trinajstić information content (AvgIpc) is 2.48. The molecule has 0 unspecified atom stereocenters. The normalized spacial score (nSPS) is 24.6. The van der Waals surface area contributed by atoms with Crippen LogP contribution in [0.5, 0.6) is 0 Å². The smallest absolute Gasteiger partial charge is 0.410 e. The van der Waals surface area contributed by atoms with Gasteiger partial charge in [0.05, 0.1) is 13.0 Å². The van der Waals surface area contributed by atoms with E-state index in [1.54, 1.807) is 20.8 Å². The van der Waals surface area contributed by atoms with Crippen molar-refractivity contribution < 1.29 is 19.1 Å². The van der Waals surface area contributed by atoms with Crippen LogP contribution in [-0.4, -0.2) is 48.8 Å². The van der Waals surface area contributed by atoms with Gasteiger partial charge in [0.2, 0.25) is 0 Å². The van der Waals surface area contributed by atoms with Crippen molar-refractivity contribution in [1.82, 2.24) is 4.90 Å². The van der Waals surface area contributed by atoms with E-state index in [4.69, 9.17) is 15.2 Å². The Morgan fingerprint density at radius 3 is 2.37 bits per heavy atom. The number of hydrogen-bond donors (Lipinski definition) is 1. The first-order chi connectivity index (χ1) is 8.73. The summed E-state index contributed by atoms with van der Waals surface area (Å²) in [6, 6.07) is -0.137. The molecule has 1 rings (SSSR count). The molecule has 0 aromatic heterocycles. The van der Waals surface area contributed by atoms with Crippen LogP contribution in [0.1, 0.15) is 33.6 Å². The Balaban J connectivity index is 2.74. The maximum absolute atomic E-state index is 12.1. The van der Waals surface area contributed by atoms with Crippen LogP contribution < -0.4 is 5.73 Å². The quantitative estimate of drug-likeness (QED) is 0.724. The number of likely N-dealkylation sites (tertiary alicyclic amines) is 1. The lowest BCUT2D eigenvalue weighted by Gasteiger charge is -2.28. The molecule has 0 radical (unpaired) electrons. The highest BCUT2D eigenvalue weighted by molar-refractivity contribution is 5.74. The van der Waals surface area contributed by atoms with Crippen molar-refractivity contribution in [3.05, 3.63) is 0 Å². The third-order valence-electron chi connectivity index (χ3n) is 2.97. The van der Waals surface area contributed by atoms with Crippen molar-refractivity contribution in [3.63, 3.8) is 0 Å². The Morgan fingerprint density at radius 1 is 1.21 bits per heavy atom. The SMILES string of the molecule is COC(=O)[C@@H]1CC[C@@H](N)CN(C(=O)OC(C)(C)C)C1. The lowest BCUT2D eigenvalue weighted by atomic mass is 10.0. The highest BCUT2D eigenvalue weighted by Gasteiger charge is 2.32. The van der Waals surface area contributed by atoms with Gasteiger partial charge in [-0.05, 0) is 33.6 Å². The van der Waals surface area contributed by atoms with Crippen LogP contribution in [0, 0.1) is 5.92 Å². The Labute approximate surface area is 114 Å². The molecule has 1 saturated heterocycles. The summed E-state index contributed by atoms with van der Waals surface area (Å²) in [5.41, 5.74) is 5.37. The fourth-order valence-corrected chi connectivity index (χ4v) is 2.06. The molecule has 110 valence electrons. The minimum Gasteiger partial charge on any atom is -0.469 e. The lowest BCUT2D eigenvalue weighted by Crippen LogP contribution is -2.44. The second-order valence-electron chi connectivity index (χ2n) is 5.94. The first-order valence-corrected chi connectivity index (χ1v) is 6.54. The van der Waals surface area contributed by atoms with Crippen LogP contribution in [0.3, 0.4) is 0 Å². The van der Waals surface area contributed by atoms with Crippen LogP contribution in [0.15, 0.2) is 0 Å². The molecule has 0 bridgehead atoms. The van der Waals surface area contributed by atoms with Crippen LogP contribution in [0.25, 0.3) is 0 Å². The summed E-state index contributed by atoms with van der Waals surface area (Å²) < 4.78 is 10.1. The highest BCUT2D eigenvalue weighted by Crippen LogP contribution is 2.19. The number of nitrogens with two attached hydrogens (primary N) is 1. The molecule has 1 amide bonds. The van der Waals surface area contributed by atoms with E-state index in [1.165, 1.54) is 12.0 Å². The molecule has 1 heterocycles. The van der Waals surface area contributed by atoms with Crippen molar-refractivity contribution in [2.75, 3.05) is 20.2 Å². The summed E-state index contributed by atoms with van der Waals surface area (Å²) in [5, 5.41) is 0. The van der Waals surface area contributed by atoms with Crippen LogP contribution in [-0.2, 0) is 14.3 Å². The Hall–Kier alpha value is -1.30. The maximum atomic E-state index is 12.1. The van der Waals surface area contributed by atoms with E-state index in [9.17, 15) is 9.59 Å². The number of amides is 1. The summed E-state index contributed by atoms with van der Waals surface area (Å²) in [5.74, 6) is -0.631. The van der Waals surface area contributed by atoms with E-state index in [0.717, 1.165) is 0 Å². The van der Waals surface area contributed by atoms with Gasteiger partial charge in [-0.15, -0.1) is 0 Å². The number of carbonyl (C=O) groups excluding carboxylic acids is 2. The standard InChI is InChI=1S/C13H24N2O4/c1-13(2,3)19-12(17)15-7-9(11(16)18-4)5-6-10(14)8-15/h9-10H,5-8,14H2,1-4H3/t9-,10-/m1/s1. The van der Waals surface area contributed by atoms with Crippen molar-refractivity contribution in [3.8, 4) is 0 Å². The van der Waals surface area contributed by atoms with E-state index >= 15 is 0 Å². The lowest BCUT2D eigenvalue weighted by molar-refractivity contribution is -0.146. The van der Waals surface area contributed by atoms with Gasteiger partial charge in [-0.3, -0.25) is 4.79 Å². The van der Waals surface area contributed by atoms with Crippen molar-refractivity contribution in [2.45, 2.75) is 45.3 Å². The summed E-state index contributed by atoms with van der Waals surface area (Å²) in [7, 11) is 1.35. The first-order valence-electron chi connectivity index (χ1n) is 6.54. The monoisotopic (exact) mass is 272 g/mol. The molecule has 19 heavy (non-hydrogen) atoms. The predicted molar refractivity (Wildman–Crippen MR) is 70.5 cm³/mol. The van der Waals surface area contributed by atoms with Crippen molar-refractivity contribution in [1.29, 1.82) is 0 Å². The van der Waals surface area contributed by atoms with E-state index in [2.05, 4.69) is 0 Å². The van der Waals surface area contributed by atoms with E-state index in [0.29, 0.717) is 25.9 Å². The van der Waals surface area contributed by atoms with Gasteiger partial charge < -0.3 is 20.1 Å². The molecule has 0 aromatic rings. The topological polar surface area (TPSA) is 81.9 Å². The molecule has 0 spiro atoms. The molecule has 1 fully saturated rings. The molecule has 0 saturated carbocycles. The molecule has 1 aliphatic heterocycles. The number of nitrogens with zero attached hydrogens (tertiary/aromatic N) is 1. The molecule has 0 aromatic carbocycles. The van der Waals surface area contributed by atoms with Gasteiger partial charge in [-0.25, -0.2) is 4.79 Å². The summed E-state index contributed by atoms with van der Waals surface area (Å²) >= 11 is 0. The van der Waals surface area contributed by atoms with E-state index in [-0.39, 0.29) is 17.9 Å². The number of esters is 1. The zero-order valence-corrected chi connectivity index (χ0v) is 12.1. The Morgan fingerprint density at radius 2 is 1.84 bits per heavy atom. The Bertz CT molecular complexity index is 338. The number of rotatable bonds is 1. The first kappa shape index (κ1) is 15.8. The molecular formula is C13H24N2O4. The molecule has 6 heteroatoms. The molecule has 0 aliphatic carbocycles. The number of hydrogen-bond acceptors (Lipinski definition) is 5. The second-order valence-corrected chi connectivity index (χ2v) is 5.94. The largest absolute Gasteiger partial charge is 0.469 e. The van der Waals surface area contributed by atoms with Crippen LogP contribution in [0.4, 0.5) is 4.79 Å².